The Bertz CT molecular complexity index is 1650. The molecule has 5 aromatic rings. The largest absolute Gasteiger partial charge is 0.452 e. The number of hydrogen-bond donors (Lipinski definition) is 1. The molecule has 4 aromatic carbocycles. The van der Waals surface area contributed by atoms with Gasteiger partial charge in [0.15, 0.2) is 6.61 Å². The summed E-state index contributed by atoms with van der Waals surface area (Å²) in [7, 11) is 0. The lowest BCUT2D eigenvalue weighted by molar-refractivity contribution is -0.119. The van der Waals surface area contributed by atoms with E-state index in [9.17, 15) is 9.59 Å². The van der Waals surface area contributed by atoms with Gasteiger partial charge in [0.2, 0.25) is 0 Å². The fourth-order valence-corrected chi connectivity index (χ4v) is 4.35. The second-order valence-corrected chi connectivity index (χ2v) is 9.81. The molecule has 5 rings (SSSR count). The minimum absolute atomic E-state index is 0.290. The number of esters is 1. The number of nitrogens with one attached hydrogen (secondary N) is 1. The molecule has 1 aromatic heterocycles. The maximum atomic E-state index is 12.8. The fraction of sp³-hybridized carbons (Fsp3) is 0.0968. The van der Waals surface area contributed by atoms with E-state index in [0.29, 0.717) is 22.3 Å². The highest BCUT2D eigenvalue weighted by Gasteiger charge is 2.16. The zero-order chi connectivity index (χ0) is 26.6. The Kier molecular flexibility index (Phi) is 7.29. The molecular formula is C31H24BrN3O3. The number of ether oxygens (including phenoxy) is 1. The molecule has 1 amide bonds. The summed E-state index contributed by atoms with van der Waals surface area (Å²) in [5, 5.41) is 2.72. The molecule has 188 valence electrons. The summed E-state index contributed by atoms with van der Waals surface area (Å²) in [5.74, 6) is -1.05. The van der Waals surface area contributed by atoms with Crippen molar-refractivity contribution in [1.29, 1.82) is 0 Å². The van der Waals surface area contributed by atoms with Crippen molar-refractivity contribution in [1.82, 2.24) is 9.97 Å². The molecule has 7 heteroatoms. The number of fused-ring (bicyclic) bond motifs is 1. The van der Waals surface area contributed by atoms with Crippen LogP contribution in [0.4, 0.5) is 5.69 Å². The van der Waals surface area contributed by atoms with Crippen molar-refractivity contribution in [2.75, 3.05) is 11.9 Å². The van der Waals surface area contributed by atoms with E-state index in [1.807, 2.05) is 74.5 Å². The van der Waals surface area contributed by atoms with Crippen molar-refractivity contribution >= 4 is 44.5 Å². The summed E-state index contributed by atoms with van der Waals surface area (Å²) in [4.78, 5) is 34.9. The van der Waals surface area contributed by atoms with E-state index >= 15 is 0 Å². The van der Waals surface area contributed by atoms with E-state index in [4.69, 9.17) is 14.7 Å². The standard InChI is InChI=1S/C31H24BrN3O3/c1-19-7-11-21(12-8-19)29-30(22-13-9-20(2)10-14-22)35-27-17-23(15-16-26(27)34-29)31(37)38-18-28(36)33-25-6-4-3-5-24(25)32/h3-17H,18H2,1-2H3,(H,33,36). The van der Waals surface area contributed by atoms with Crippen molar-refractivity contribution in [2.24, 2.45) is 0 Å². The van der Waals surface area contributed by atoms with Gasteiger partial charge in [-0.25, -0.2) is 14.8 Å². The third kappa shape index (κ3) is 5.63. The number of aromatic nitrogens is 2. The molecule has 0 saturated carbocycles. The second kappa shape index (κ2) is 10.9. The molecule has 0 radical (unpaired) electrons. The summed E-state index contributed by atoms with van der Waals surface area (Å²) in [6.07, 6.45) is 0. The van der Waals surface area contributed by atoms with Crippen LogP contribution in [0.5, 0.6) is 0 Å². The van der Waals surface area contributed by atoms with E-state index < -0.39 is 18.5 Å². The first-order valence-electron chi connectivity index (χ1n) is 12.0. The Morgan fingerprint density at radius 1 is 0.763 bits per heavy atom. The third-order valence-electron chi connectivity index (χ3n) is 6.03. The summed E-state index contributed by atoms with van der Waals surface area (Å²) in [6.45, 7) is 3.67. The molecule has 1 N–H and O–H groups in total. The highest BCUT2D eigenvalue weighted by Crippen LogP contribution is 2.31. The molecule has 0 saturated heterocycles. The second-order valence-electron chi connectivity index (χ2n) is 8.96. The van der Waals surface area contributed by atoms with E-state index in [0.717, 1.165) is 38.1 Å². The minimum atomic E-state index is -0.615. The summed E-state index contributed by atoms with van der Waals surface area (Å²) in [5.41, 5.74) is 7.78. The average molecular weight is 566 g/mol. The first-order valence-corrected chi connectivity index (χ1v) is 12.8. The molecule has 0 spiro atoms. The molecule has 0 bridgehead atoms. The summed E-state index contributed by atoms with van der Waals surface area (Å²) >= 11 is 3.38. The van der Waals surface area contributed by atoms with Gasteiger partial charge in [-0.2, -0.15) is 0 Å². The summed E-state index contributed by atoms with van der Waals surface area (Å²) in [6, 6.07) is 28.5. The Morgan fingerprint density at radius 3 is 1.95 bits per heavy atom. The van der Waals surface area contributed by atoms with E-state index in [1.165, 1.54) is 0 Å². The smallest absolute Gasteiger partial charge is 0.338 e. The van der Waals surface area contributed by atoms with Crippen LogP contribution in [0.25, 0.3) is 33.5 Å². The van der Waals surface area contributed by atoms with Crippen LogP contribution >= 0.6 is 15.9 Å². The number of amides is 1. The lowest BCUT2D eigenvalue weighted by Crippen LogP contribution is -2.21. The van der Waals surface area contributed by atoms with Crippen LogP contribution in [0.15, 0.2) is 95.5 Å². The van der Waals surface area contributed by atoms with Crippen LogP contribution in [-0.4, -0.2) is 28.5 Å². The number of hydrogen-bond acceptors (Lipinski definition) is 5. The van der Waals surface area contributed by atoms with E-state index in [-0.39, 0.29) is 0 Å². The SMILES string of the molecule is Cc1ccc(-c2nc3ccc(C(=O)OCC(=O)Nc4ccccc4Br)cc3nc2-c2ccc(C)cc2)cc1. The number of benzene rings is 4. The third-order valence-corrected chi connectivity index (χ3v) is 6.72. The molecule has 0 aliphatic rings. The van der Waals surface area contributed by atoms with Gasteiger partial charge in [-0.15, -0.1) is 0 Å². The number of para-hydroxylation sites is 1. The molecule has 38 heavy (non-hydrogen) atoms. The van der Waals surface area contributed by atoms with Gasteiger partial charge in [0.25, 0.3) is 5.91 Å². The first kappa shape index (κ1) is 25.3. The molecule has 0 unspecified atom stereocenters. The predicted molar refractivity (Wildman–Crippen MR) is 153 cm³/mol. The molecule has 6 nitrogen and oxygen atoms in total. The van der Waals surface area contributed by atoms with Gasteiger partial charge in [0.05, 0.1) is 33.7 Å². The summed E-state index contributed by atoms with van der Waals surface area (Å²) < 4.78 is 6.01. The number of nitrogens with zero attached hydrogens (tertiary/aromatic N) is 2. The van der Waals surface area contributed by atoms with Crippen molar-refractivity contribution in [2.45, 2.75) is 13.8 Å². The van der Waals surface area contributed by atoms with Crippen molar-refractivity contribution in [3.63, 3.8) is 0 Å². The lowest BCUT2D eigenvalue weighted by atomic mass is 10.0. The van der Waals surface area contributed by atoms with Crippen molar-refractivity contribution < 1.29 is 14.3 Å². The predicted octanol–water partition coefficient (Wildman–Crippen LogP) is 7.14. The Morgan fingerprint density at radius 2 is 1.34 bits per heavy atom. The van der Waals surface area contributed by atoms with Crippen molar-refractivity contribution in [3.8, 4) is 22.5 Å². The van der Waals surface area contributed by atoms with Gasteiger partial charge in [0, 0.05) is 15.6 Å². The Labute approximate surface area is 228 Å². The van der Waals surface area contributed by atoms with Crippen molar-refractivity contribution in [3.05, 3.63) is 112 Å². The Balaban J connectivity index is 1.43. The minimum Gasteiger partial charge on any atom is -0.452 e. The highest BCUT2D eigenvalue weighted by atomic mass is 79.9. The average Bonchev–Trinajstić information content (AvgIpc) is 2.93. The lowest BCUT2D eigenvalue weighted by Gasteiger charge is -2.12. The normalized spacial score (nSPS) is 10.8. The van der Waals surface area contributed by atoms with Crippen LogP contribution in [0.1, 0.15) is 21.5 Å². The number of aryl methyl sites for hydroxylation is 2. The quantitative estimate of drug-likeness (QED) is 0.221. The number of anilines is 1. The molecule has 1 heterocycles. The van der Waals surface area contributed by atoms with Crippen LogP contribution in [0, 0.1) is 13.8 Å². The van der Waals surface area contributed by atoms with Gasteiger partial charge in [0.1, 0.15) is 0 Å². The zero-order valence-electron chi connectivity index (χ0n) is 20.9. The maximum Gasteiger partial charge on any atom is 0.338 e. The first-order chi connectivity index (χ1) is 18.4. The Hall–Kier alpha value is -4.36. The van der Waals surface area contributed by atoms with E-state index in [2.05, 4.69) is 21.2 Å². The van der Waals surface area contributed by atoms with Gasteiger partial charge < -0.3 is 10.1 Å². The van der Waals surface area contributed by atoms with Gasteiger partial charge in [-0.1, -0.05) is 71.8 Å². The topological polar surface area (TPSA) is 81.2 Å². The monoisotopic (exact) mass is 565 g/mol. The maximum absolute atomic E-state index is 12.8. The van der Waals surface area contributed by atoms with E-state index in [1.54, 1.807) is 30.3 Å². The number of carbonyl (C=O) groups is 2. The molecule has 0 aliphatic heterocycles. The number of halogens is 1. The van der Waals surface area contributed by atoms with Crippen LogP contribution in [-0.2, 0) is 9.53 Å². The highest BCUT2D eigenvalue weighted by molar-refractivity contribution is 9.10. The molecular weight excluding hydrogens is 542 g/mol. The van der Waals surface area contributed by atoms with Gasteiger partial charge in [-0.05, 0) is 60.1 Å². The number of rotatable bonds is 6. The molecule has 0 fully saturated rings. The van der Waals surface area contributed by atoms with Gasteiger partial charge >= 0.3 is 5.97 Å². The van der Waals surface area contributed by atoms with Crippen LogP contribution in [0.3, 0.4) is 0 Å². The van der Waals surface area contributed by atoms with Crippen LogP contribution < -0.4 is 5.32 Å². The number of carbonyl (C=O) groups excluding carboxylic acids is 2. The van der Waals surface area contributed by atoms with Gasteiger partial charge in [-0.3, -0.25) is 4.79 Å². The fourth-order valence-electron chi connectivity index (χ4n) is 3.97. The molecule has 0 atom stereocenters. The molecule has 0 aliphatic carbocycles. The van der Waals surface area contributed by atoms with Crippen LogP contribution in [0.2, 0.25) is 0 Å². The zero-order valence-corrected chi connectivity index (χ0v) is 22.5.